The Labute approximate surface area is 132 Å². The van der Waals surface area contributed by atoms with Crippen LogP contribution in [0.4, 0.5) is 0 Å². The minimum absolute atomic E-state index is 0.309. The monoisotopic (exact) mass is 293 g/mol. The van der Waals surface area contributed by atoms with Gasteiger partial charge in [0.05, 0.1) is 0 Å². The number of aryl methyl sites for hydroxylation is 2. The van der Waals surface area contributed by atoms with Gasteiger partial charge in [-0.3, -0.25) is 0 Å². The lowest BCUT2D eigenvalue weighted by Crippen LogP contribution is -2.34. The summed E-state index contributed by atoms with van der Waals surface area (Å²) in [5.74, 6) is 1.22. The molecule has 2 nitrogen and oxygen atoms in total. The highest BCUT2D eigenvalue weighted by Gasteiger charge is 2.25. The minimum atomic E-state index is 0.309. The predicted octanol–water partition coefficient (Wildman–Crippen LogP) is 3.66. The van der Waals surface area contributed by atoms with Crippen LogP contribution >= 0.6 is 0 Å². The lowest BCUT2D eigenvalue weighted by molar-refractivity contribution is 0.168. The number of benzene rings is 2. The summed E-state index contributed by atoms with van der Waals surface area (Å²) >= 11 is 0. The van der Waals surface area contributed by atoms with Gasteiger partial charge >= 0.3 is 0 Å². The zero-order chi connectivity index (χ0) is 14.8. The van der Waals surface area contributed by atoms with E-state index in [0.717, 1.165) is 25.9 Å². The SMILES string of the molecule is c1ccc(CNCC2CCc3ccc4c(c3O2)CCC4)cc1. The molecule has 22 heavy (non-hydrogen) atoms. The molecule has 0 radical (unpaired) electrons. The number of hydrogen-bond donors (Lipinski definition) is 1. The van der Waals surface area contributed by atoms with E-state index in [-0.39, 0.29) is 0 Å². The molecule has 0 saturated heterocycles. The number of hydrogen-bond acceptors (Lipinski definition) is 2. The predicted molar refractivity (Wildman–Crippen MR) is 89.4 cm³/mol. The van der Waals surface area contributed by atoms with E-state index in [1.165, 1.54) is 47.3 Å². The van der Waals surface area contributed by atoms with Crippen molar-refractivity contribution in [3.8, 4) is 5.75 Å². The Balaban J connectivity index is 1.39. The number of ether oxygens (including phenoxy) is 1. The highest BCUT2D eigenvalue weighted by molar-refractivity contribution is 5.49. The Hall–Kier alpha value is -1.80. The maximum atomic E-state index is 6.35. The fourth-order valence-corrected chi connectivity index (χ4v) is 3.68. The highest BCUT2D eigenvalue weighted by atomic mass is 16.5. The van der Waals surface area contributed by atoms with E-state index >= 15 is 0 Å². The number of fused-ring (bicyclic) bond motifs is 3. The van der Waals surface area contributed by atoms with Gasteiger partial charge in [0, 0.05) is 13.1 Å². The first-order valence-corrected chi connectivity index (χ1v) is 8.45. The van der Waals surface area contributed by atoms with Gasteiger partial charge < -0.3 is 10.1 Å². The van der Waals surface area contributed by atoms with Crippen molar-refractivity contribution in [1.29, 1.82) is 0 Å². The summed E-state index contributed by atoms with van der Waals surface area (Å²) in [6.07, 6.45) is 6.29. The minimum Gasteiger partial charge on any atom is -0.489 e. The maximum Gasteiger partial charge on any atom is 0.126 e. The van der Waals surface area contributed by atoms with Crippen molar-refractivity contribution in [2.24, 2.45) is 0 Å². The largest absolute Gasteiger partial charge is 0.489 e. The van der Waals surface area contributed by atoms with E-state index in [0.29, 0.717) is 6.10 Å². The van der Waals surface area contributed by atoms with Crippen molar-refractivity contribution >= 4 is 0 Å². The van der Waals surface area contributed by atoms with Crippen LogP contribution in [0.1, 0.15) is 35.1 Å². The van der Waals surface area contributed by atoms with Crippen LogP contribution in [0.25, 0.3) is 0 Å². The molecule has 0 spiro atoms. The molecule has 0 bridgehead atoms. The molecule has 4 rings (SSSR count). The van der Waals surface area contributed by atoms with Crippen LogP contribution in [0.15, 0.2) is 42.5 Å². The molecule has 2 aromatic rings. The van der Waals surface area contributed by atoms with Crippen molar-refractivity contribution < 1.29 is 4.74 Å². The number of rotatable bonds is 4. The summed E-state index contributed by atoms with van der Waals surface area (Å²) in [6.45, 7) is 1.85. The topological polar surface area (TPSA) is 21.3 Å². The molecule has 1 aliphatic heterocycles. The van der Waals surface area contributed by atoms with Crippen molar-refractivity contribution in [3.63, 3.8) is 0 Å². The van der Waals surface area contributed by atoms with Crippen LogP contribution in [-0.2, 0) is 25.8 Å². The van der Waals surface area contributed by atoms with Crippen LogP contribution in [0.3, 0.4) is 0 Å². The van der Waals surface area contributed by atoms with Crippen molar-refractivity contribution in [2.45, 2.75) is 44.8 Å². The lowest BCUT2D eigenvalue weighted by Gasteiger charge is -2.28. The fraction of sp³-hybridized carbons (Fsp3) is 0.400. The van der Waals surface area contributed by atoms with Gasteiger partial charge in [0.25, 0.3) is 0 Å². The molecular weight excluding hydrogens is 270 g/mol. The molecule has 0 fully saturated rings. The summed E-state index contributed by atoms with van der Waals surface area (Å²) < 4.78 is 6.35. The zero-order valence-corrected chi connectivity index (χ0v) is 13.0. The van der Waals surface area contributed by atoms with E-state index < -0.39 is 0 Å². The third-order valence-electron chi connectivity index (χ3n) is 4.88. The summed E-state index contributed by atoms with van der Waals surface area (Å²) in [7, 11) is 0. The van der Waals surface area contributed by atoms with Gasteiger partial charge in [-0.2, -0.15) is 0 Å². The van der Waals surface area contributed by atoms with E-state index in [1.54, 1.807) is 0 Å². The molecule has 1 atom stereocenters. The molecule has 114 valence electrons. The van der Waals surface area contributed by atoms with E-state index in [4.69, 9.17) is 4.74 Å². The Bertz CT molecular complexity index is 650. The Kier molecular flexibility index (Phi) is 3.86. The van der Waals surface area contributed by atoms with Crippen molar-refractivity contribution in [1.82, 2.24) is 5.32 Å². The normalized spacial score (nSPS) is 19.4. The van der Waals surface area contributed by atoms with Crippen LogP contribution < -0.4 is 10.1 Å². The van der Waals surface area contributed by atoms with Gasteiger partial charge in [0.1, 0.15) is 11.9 Å². The van der Waals surface area contributed by atoms with Crippen LogP contribution in [0.2, 0.25) is 0 Å². The zero-order valence-electron chi connectivity index (χ0n) is 13.0. The van der Waals surface area contributed by atoms with Gasteiger partial charge in [-0.15, -0.1) is 0 Å². The van der Waals surface area contributed by atoms with Crippen molar-refractivity contribution in [3.05, 3.63) is 64.7 Å². The van der Waals surface area contributed by atoms with Gasteiger partial charge in [-0.25, -0.2) is 0 Å². The third-order valence-corrected chi connectivity index (χ3v) is 4.88. The Morgan fingerprint density at radius 2 is 1.82 bits per heavy atom. The first-order chi connectivity index (χ1) is 10.9. The highest BCUT2D eigenvalue weighted by Crippen LogP contribution is 2.37. The molecule has 0 aromatic heterocycles. The lowest BCUT2D eigenvalue weighted by atomic mass is 9.97. The summed E-state index contributed by atoms with van der Waals surface area (Å²) in [6, 6.07) is 15.2. The molecule has 1 N–H and O–H groups in total. The Morgan fingerprint density at radius 1 is 0.955 bits per heavy atom. The average Bonchev–Trinajstić information content (AvgIpc) is 3.05. The van der Waals surface area contributed by atoms with E-state index in [2.05, 4.69) is 47.8 Å². The second-order valence-corrected chi connectivity index (χ2v) is 6.44. The molecular formula is C20H23NO. The standard InChI is InChI=1S/C20H23NO/c1-2-5-15(6-3-1)13-21-14-18-12-11-17-10-9-16-7-4-8-19(16)20(17)22-18/h1-3,5-6,9-10,18,21H,4,7-8,11-14H2. The molecule has 0 amide bonds. The fourth-order valence-electron chi connectivity index (χ4n) is 3.68. The van der Waals surface area contributed by atoms with Crippen molar-refractivity contribution in [2.75, 3.05) is 6.54 Å². The van der Waals surface area contributed by atoms with Crippen LogP contribution in [0, 0.1) is 0 Å². The van der Waals surface area contributed by atoms with Crippen LogP contribution in [0.5, 0.6) is 5.75 Å². The second kappa shape index (κ2) is 6.13. The molecule has 0 saturated carbocycles. The van der Waals surface area contributed by atoms with E-state index in [9.17, 15) is 0 Å². The molecule has 1 heterocycles. The third kappa shape index (κ3) is 2.76. The number of nitrogens with one attached hydrogen (secondary N) is 1. The van der Waals surface area contributed by atoms with Gasteiger partial charge in [0.15, 0.2) is 0 Å². The summed E-state index contributed by atoms with van der Waals surface area (Å²) in [5, 5.41) is 3.54. The maximum absolute atomic E-state index is 6.35. The summed E-state index contributed by atoms with van der Waals surface area (Å²) in [4.78, 5) is 0. The molecule has 2 aromatic carbocycles. The average molecular weight is 293 g/mol. The van der Waals surface area contributed by atoms with Gasteiger partial charge in [0.2, 0.25) is 0 Å². The molecule has 2 heteroatoms. The quantitative estimate of drug-likeness (QED) is 0.929. The smallest absolute Gasteiger partial charge is 0.126 e. The van der Waals surface area contributed by atoms with E-state index in [1.807, 2.05) is 0 Å². The molecule has 1 unspecified atom stereocenters. The van der Waals surface area contributed by atoms with Gasteiger partial charge in [-0.05, 0) is 54.4 Å². The second-order valence-electron chi connectivity index (χ2n) is 6.44. The van der Waals surface area contributed by atoms with Crippen LogP contribution in [-0.4, -0.2) is 12.6 Å². The Morgan fingerprint density at radius 3 is 2.73 bits per heavy atom. The first kappa shape index (κ1) is 13.8. The first-order valence-electron chi connectivity index (χ1n) is 8.45. The summed E-state index contributed by atoms with van der Waals surface area (Å²) in [5.41, 5.74) is 5.75. The molecule has 2 aliphatic rings. The molecule has 1 aliphatic carbocycles. The van der Waals surface area contributed by atoms with Gasteiger partial charge in [-0.1, -0.05) is 42.5 Å².